The molecule has 2 heterocycles. The molecule has 2 N–H and O–H groups in total. The summed E-state index contributed by atoms with van der Waals surface area (Å²) in [5.74, 6) is -2.91. The maximum atomic E-state index is 12.9. The lowest BCUT2D eigenvalue weighted by molar-refractivity contribution is -0.138. The van der Waals surface area contributed by atoms with Crippen molar-refractivity contribution < 1.29 is 29.0 Å². The highest BCUT2D eigenvalue weighted by Gasteiger charge is 2.41. The first-order chi connectivity index (χ1) is 15.7. The highest BCUT2D eigenvalue weighted by molar-refractivity contribution is 7.17. The molecule has 172 valence electrons. The molecule has 0 spiro atoms. The number of benzene rings is 1. The first-order valence-corrected chi connectivity index (χ1v) is 11.1. The standard InChI is InChI=1S/C24H24N2O6S/c1-5-31-23(29)18-13(3)14(4)33-22(18)26-16(12-17(27)15-10-8-7-9-11-15)20(28)19(21(26)25)24(30)32-6-2/h7-12,25,28H,5-6H2,1-4H3/b16-12+,25-21?. The summed E-state index contributed by atoms with van der Waals surface area (Å²) in [6.07, 6.45) is 1.14. The number of aryl methyl sites for hydroxylation is 1. The van der Waals surface area contributed by atoms with Crippen LogP contribution in [-0.2, 0) is 14.3 Å². The third kappa shape index (κ3) is 4.45. The zero-order valence-corrected chi connectivity index (χ0v) is 19.5. The van der Waals surface area contributed by atoms with Crippen LogP contribution in [0, 0.1) is 19.3 Å². The fourth-order valence-electron chi connectivity index (χ4n) is 3.34. The van der Waals surface area contributed by atoms with Crippen molar-refractivity contribution in [3.05, 3.63) is 75.0 Å². The monoisotopic (exact) mass is 468 g/mol. The molecule has 0 saturated heterocycles. The largest absolute Gasteiger partial charge is 0.505 e. The minimum atomic E-state index is -0.900. The molecule has 0 saturated carbocycles. The summed E-state index contributed by atoms with van der Waals surface area (Å²) >= 11 is 1.19. The van der Waals surface area contributed by atoms with Crippen LogP contribution in [0.15, 0.2) is 53.4 Å². The number of rotatable bonds is 7. The Hall–Kier alpha value is -3.72. The fourth-order valence-corrected chi connectivity index (χ4v) is 4.50. The Morgan fingerprint density at radius 3 is 2.27 bits per heavy atom. The van der Waals surface area contributed by atoms with E-state index in [9.17, 15) is 19.5 Å². The molecular formula is C24H24N2O6S. The van der Waals surface area contributed by atoms with E-state index in [0.29, 0.717) is 11.1 Å². The molecule has 0 aliphatic carbocycles. The van der Waals surface area contributed by atoms with Gasteiger partial charge < -0.3 is 14.6 Å². The van der Waals surface area contributed by atoms with Crippen LogP contribution in [0.2, 0.25) is 0 Å². The first-order valence-electron chi connectivity index (χ1n) is 10.3. The van der Waals surface area contributed by atoms with Crippen molar-refractivity contribution in [3.63, 3.8) is 0 Å². The molecule has 0 bridgehead atoms. The van der Waals surface area contributed by atoms with Crippen LogP contribution in [0.25, 0.3) is 0 Å². The van der Waals surface area contributed by atoms with E-state index in [0.717, 1.165) is 11.0 Å². The summed E-state index contributed by atoms with van der Waals surface area (Å²) in [5.41, 5.74) is 0.739. The molecule has 0 atom stereocenters. The Morgan fingerprint density at radius 2 is 1.67 bits per heavy atom. The van der Waals surface area contributed by atoms with Crippen LogP contribution in [0.5, 0.6) is 0 Å². The molecule has 1 aliphatic heterocycles. The molecule has 8 nitrogen and oxygen atoms in total. The van der Waals surface area contributed by atoms with E-state index in [1.165, 1.54) is 16.2 Å². The zero-order valence-electron chi connectivity index (χ0n) is 18.7. The van der Waals surface area contributed by atoms with Gasteiger partial charge in [-0.2, -0.15) is 0 Å². The smallest absolute Gasteiger partial charge is 0.345 e. The number of nitrogens with one attached hydrogen (secondary N) is 1. The number of aliphatic hydroxyl groups excluding tert-OH is 1. The van der Waals surface area contributed by atoms with Crippen LogP contribution >= 0.6 is 11.3 Å². The number of carbonyl (C=O) groups excluding carboxylic acids is 3. The van der Waals surface area contributed by atoms with Gasteiger partial charge in [-0.25, -0.2) is 9.59 Å². The number of nitrogens with zero attached hydrogens (tertiary/aromatic N) is 1. The number of hydrogen-bond donors (Lipinski definition) is 2. The number of hydrogen-bond acceptors (Lipinski definition) is 8. The topological polar surface area (TPSA) is 117 Å². The second-order valence-corrected chi connectivity index (χ2v) is 8.28. The second-order valence-electron chi connectivity index (χ2n) is 7.07. The van der Waals surface area contributed by atoms with Gasteiger partial charge in [-0.15, -0.1) is 11.3 Å². The molecule has 9 heteroatoms. The maximum absolute atomic E-state index is 12.9. The van der Waals surface area contributed by atoms with Gasteiger partial charge in [0.2, 0.25) is 0 Å². The number of thiophene rings is 1. The van der Waals surface area contributed by atoms with Gasteiger partial charge in [0.25, 0.3) is 0 Å². The Bertz CT molecular complexity index is 1190. The summed E-state index contributed by atoms with van der Waals surface area (Å²) in [5, 5.41) is 19.8. The van der Waals surface area contributed by atoms with Crippen LogP contribution in [-0.4, -0.2) is 41.9 Å². The Balaban J connectivity index is 2.21. The maximum Gasteiger partial charge on any atom is 0.345 e. The lowest BCUT2D eigenvalue weighted by Crippen LogP contribution is -2.28. The SMILES string of the molecule is CCOC(=O)C1=C(O)/C(=C\C(=O)c2ccccc2)N(c2sc(C)c(C)c2C(=O)OCC)C1=N. The number of ether oxygens (including phenoxy) is 2. The number of amidine groups is 1. The van der Waals surface area contributed by atoms with Gasteiger partial charge >= 0.3 is 11.9 Å². The van der Waals surface area contributed by atoms with Crippen molar-refractivity contribution in [1.82, 2.24) is 0 Å². The van der Waals surface area contributed by atoms with Crippen molar-refractivity contribution in [3.8, 4) is 0 Å². The van der Waals surface area contributed by atoms with Gasteiger partial charge in [-0.3, -0.25) is 15.1 Å². The summed E-state index contributed by atoms with van der Waals surface area (Å²) < 4.78 is 10.2. The fraction of sp³-hybridized carbons (Fsp3) is 0.250. The van der Waals surface area contributed by atoms with Crippen LogP contribution in [0.4, 0.5) is 5.00 Å². The van der Waals surface area contributed by atoms with Crippen molar-refractivity contribution in [2.24, 2.45) is 0 Å². The average molecular weight is 469 g/mol. The molecule has 33 heavy (non-hydrogen) atoms. The Labute approximate surface area is 195 Å². The molecule has 0 unspecified atom stereocenters. The number of aliphatic hydroxyl groups is 1. The predicted octanol–water partition coefficient (Wildman–Crippen LogP) is 4.48. The quantitative estimate of drug-likeness (QED) is 0.349. The van der Waals surface area contributed by atoms with E-state index in [-0.39, 0.29) is 35.0 Å². The summed E-state index contributed by atoms with van der Waals surface area (Å²) in [6.45, 7) is 7.03. The van der Waals surface area contributed by atoms with Gasteiger partial charge in [0.15, 0.2) is 11.5 Å². The van der Waals surface area contributed by atoms with Gasteiger partial charge in [0.05, 0.1) is 24.5 Å². The van der Waals surface area contributed by atoms with E-state index in [1.54, 1.807) is 51.1 Å². The molecule has 0 fully saturated rings. The average Bonchev–Trinajstić information content (AvgIpc) is 3.20. The van der Waals surface area contributed by atoms with E-state index < -0.39 is 29.3 Å². The minimum absolute atomic E-state index is 0.0379. The first kappa shape index (κ1) is 23.9. The number of ketones is 1. The van der Waals surface area contributed by atoms with Gasteiger partial charge in [0, 0.05) is 16.5 Å². The van der Waals surface area contributed by atoms with Crippen molar-refractivity contribution in [2.75, 3.05) is 18.1 Å². The van der Waals surface area contributed by atoms with Gasteiger partial charge in [-0.05, 0) is 33.3 Å². The molecule has 3 rings (SSSR count). The Morgan fingerprint density at radius 1 is 1.06 bits per heavy atom. The lowest BCUT2D eigenvalue weighted by Gasteiger charge is -2.20. The van der Waals surface area contributed by atoms with Crippen LogP contribution < -0.4 is 4.90 Å². The van der Waals surface area contributed by atoms with Gasteiger partial charge in [0.1, 0.15) is 16.4 Å². The highest BCUT2D eigenvalue weighted by Crippen LogP contribution is 2.42. The lowest BCUT2D eigenvalue weighted by atomic mass is 10.1. The molecule has 0 radical (unpaired) electrons. The van der Waals surface area contributed by atoms with E-state index >= 15 is 0 Å². The third-order valence-corrected chi connectivity index (χ3v) is 6.23. The van der Waals surface area contributed by atoms with Crippen LogP contribution in [0.3, 0.4) is 0 Å². The molecule has 1 aliphatic rings. The minimum Gasteiger partial charge on any atom is -0.505 e. The third-order valence-electron chi connectivity index (χ3n) is 5.04. The highest BCUT2D eigenvalue weighted by atomic mass is 32.1. The molecule has 0 amide bonds. The molecular weight excluding hydrogens is 444 g/mol. The van der Waals surface area contributed by atoms with Crippen LogP contribution in [0.1, 0.15) is 45.0 Å². The molecule has 2 aromatic rings. The van der Waals surface area contributed by atoms with E-state index in [4.69, 9.17) is 14.9 Å². The number of esters is 2. The van der Waals surface area contributed by atoms with Crippen molar-refractivity contribution in [2.45, 2.75) is 27.7 Å². The number of allylic oxidation sites excluding steroid dienone is 1. The number of carbonyl (C=O) groups is 3. The van der Waals surface area contributed by atoms with E-state index in [1.807, 2.05) is 6.92 Å². The second kappa shape index (κ2) is 9.83. The van der Waals surface area contributed by atoms with E-state index in [2.05, 4.69) is 0 Å². The predicted molar refractivity (Wildman–Crippen MR) is 125 cm³/mol. The summed E-state index contributed by atoms with van der Waals surface area (Å²) in [4.78, 5) is 40.2. The van der Waals surface area contributed by atoms with Gasteiger partial charge in [-0.1, -0.05) is 30.3 Å². The Kier molecular flexibility index (Phi) is 7.13. The molecule has 1 aromatic heterocycles. The molecule has 1 aromatic carbocycles. The zero-order chi connectivity index (χ0) is 24.3. The summed E-state index contributed by atoms with van der Waals surface area (Å²) in [6, 6.07) is 8.39. The number of anilines is 1. The van der Waals surface area contributed by atoms with Crippen molar-refractivity contribution >= 4 is 39.9 Å². The normalized spacial score (nSPS) is 14.7. The van der Waals surface area contributed by atoms with Crippen molar-refractivity contribution in [1.29, 1.82) is 5.41 Å². The summed E-state index contributed by atoms with van der Waals surface area (Å²) in [7, 11) is 0.